The average Bonchev–Trinajstić information content (AvgIpc) is 3.11. The van der Waals surface area contributed by atoms with Gasteiger partial charge in [-0.2, -0.15) is 5.26 Å². The van der Waals surface area contributed by atoms with Crippen LogP contribution in [-0.2, 0) is 24.1 Å². The Morgan fingerprint density at radius 3 is 3.00 bits per heavy atom. The Labute approximate surface area is 135 Å². The first kappa shape index (κ1) is 15.2. The van der Waals surface area contributed by atoms with Gasteiger partial charge in [0, 0.05) is 4.88 Å². The summed E-state index contributed by atoms with van der Waals surface area (Å²) in [4.78, 5) is 29.5. The molecule has 0 unspecified atom stereocenters. The number of rotatable bonds is 4. The maximum Gasteiger partial charge on any atom is 0.381 e. The van der Waals surface area contributed by atoms with E-state index >= 15 is 0 Å². The van der Waals surface area contributed by atoms with Crippen LogP contribution < -0.4 is 5.32 Å². The number of amides is 1. The second-order valence-electron chi connectivity index (χ2n) is 5.21. The third kappa shape index (κ3) is 3.07. The summed E-state index contributed by atoms with van der Waals surface area (Å²) in [6.45, 7) is 0. The highest BCUT2D eigenvalue weighted by atomic mass is 32.1. The molecule has 8 nitrogen and oxygen atoms in total. The lowest BCUT2D eigenvalue weighted by molar-refractivity contribution is -0.389. The number of aromatic amines is 1. The molecule has 23 heavy (non-hydrogen) atoms. The normalized spacial score (nSPS) is 13.2. The molecule has 0 spiro atoms. The van der Waals surface area contributed by atoms with Gasteiger partial charge in [-0.25, -0.2) is 0 Å². The summed E-state index contributed by atoms with van der Waals surface area (Å²) in [7, 11) is 0. The lowest BCUT2D eigenvalue weighted by atomic mass is 9.96. The van der Waals surface area contributed by atoms with Crippen molar-refractivity contribution in [3.63, 3.8) is 0 Å². The highest BCUT2D eigenvalue weighted by Gasteiger charge is 2.23. The number of aromatic nitrogens is 2. The molecule has 0 fully saturated rings. The summed E-state index contributed by atoms with van der Waals surface area (Å²) in [5, 5.41) is 23.2. The molecule has 0 saturated heterocycles. The van der Waals surface area contributed by atoms with Crippen molar-refractivity contribution in [3.05, 3.63) is 38.1 Å². The van der Waals surface area contributed by atoms with Crippen LogP contribution in [0.25, 0.3) is 0 Å². The highest BCUT2D eigenvalue weighted by Crippen LogP contribution is 2.37. The summed E-state index contributed by atoms with van der Waals surface area (Å²) in [6.07, 6.45) is 5.00. The van der Waals surface area contributed by atoms with Gasteiger partial charge in [-0.1, -0.05) is 0 Å². The van der Waals surface area contributed by atoms with Crippen LogP contribution in [0.4, 0.5) is 10.8 Å². The van der Waals surface area contributed by atoms with Crippen LogP contribution in [0.1, 0.15) is 34.7 Å². The fourth-order valence-corrected chi connectivity index (χ4v) is 3.89. The van der Waals surface area contributed by atoms with Gasteiger partial charge < -0.3 is 20.4 Å². The quantitative estimate of drug-likeness (QED) is 0.657. The minimum Gasteiger partial charge on any atom is -0.358 e. The number of fused-ring (bicyclic) bond motifs is 1. The number of H-pyrrole nitrogens is 1. The first-order valence-corrected chi connectivity index (χ1v) is 7.93. The number of hydrogen-bond donors (Lipinski definition) is 2. The lowest BCUT2D eigenvalue weighted by Gasteiger charge is -2.09. The van der Waals surface area contributed by atoms with Gasteiger partial charge in [-0.3, -0.25) is 4.79 Å². The molecule has 2 aromatic heterocycles. The largest absolute Gasteiger partial charge is 0.381 e. The number of nitriles is 1. The predicted octanol–water partition coefficient (Wildman–Crippen LogP) is 2.31. The molecule has 2 N–H and O–H groups in total. The number of carbonyl (C=O) groups is 1. The van der Waals surface area contributed by atoms with Crippen LogP contribution >= 0.6 is 11.3 Å². The topological polar surface area (TPSA) is 125 Å². The Morgan fingerprint density at radius 2 is 2.30 bits per heavy atom. The fourth-order valence-electron chi connectivity index (χ4n) is 2.63. The van der Waals surface area contributed by atoms with Crippen LogP contribution in [-0.4, -0.2) is 20.8 Å². The minimum absolute atomic E-state index is 0.110. The lowest BCUT2D eigenvalue weighted by Crippen LogP contribution is -2.15. The molecule has 3 rings (SSSR count). The van der Waals surface area contributed by atoms with Crippen molar-refractivity contribution in [2.24, 2.45) is 0 Å². The Kier molecular flexibility index (Phi) is 4.08. The number of carbonyl (C=O) groups excluding carboxylic acids is 1. The van der Waals surface area contributed by atoms with Gasteiger partial charge in [0.15, 0.2) is 0 Å². The van der Waals surface area contributed by atoms with Crippen LogP contribution in [0, 0.1) is 21.4 Å². The molecule has 9 heteroatoms. The molecule has 0 aromatic carbocycles. The molecule has 0 atom stereocenters. The number of nitrogens with zero attached hydrogens (tertiary/aromatic N) is 3. The maximum atomic E-state index is 12.1. The van der Waals surface area contributed by atoms with E-state index in [1.54, 1.807) is 0 Å². The zero-order valence-electron chi connectivity index (χ0n) is 12.1. The van der Waals surface area contributed by atoms with Crippen molar-refractivity contribution in [1.29, 1.82) is 5.26 Å². The van der Waals surface area contributed by atoms with E-state index in [-0.39, 0.29) is 24.0 Å². The third-order valence-corrected chi connectivity index (χ3v) is 4.88. The zero-order valence-corrected chi connectivity index (χ0v) is 12.9. The molecule has 0 aliphatic heterocycles. The van der Waals surface area contributed by atoms with E-state index in [0.29, 0.717) is 10.6 Å². The number of imidazole rings is 1. The van der Waals surface area contributed by atoms with Gasteiger partial charge in [0.05, 0.1) is 5.56 Å². The monoisotopic (exact) mass is 331 g/mol. The highest BCUT2D eigenvalue weighted by molar-refractivity contribution is 7.16. The van der Waals surface area contributed by atoms with Crippen LogP contribution in [0.5, 0.6) is 0 Å². The number of thiophene rings is 1. The Bertz CT molecular complexity index is 817. The molecule has 0 saturated carbocycles. The van der Waals surface area contributed by atoms with Crippen molar-refractivity contribution in [1.82, 2.24) is 9.97 Å². The number of nitrogens with one attached hydrogen (secondary N) is 2. The van der Waals surface area contributed by atoms with Crippen LogP contribution in [0.3, 0.4) is 0 Å². The molecule has 0 radical (unpaired) electrons. The molecule has 1 amide bonds. The second kappa shape index (κ2) is 6.18. The summed E-state index contributed by atoms with van der Waals surface area (Å²) in [5.74, 6) is -0.463. The summed E-state index contributed by atoms with van der Waals surface area (Å²) in [6, 6.07) is 2.17. The average molecular weight is 331 g/mol. The van der Waals surface area contributed by atoms with Gasteiger partial charge in [0.2, 0.25) is 11.7 Å². The van der Waals surface area contributed by atoms with Crippen molar-refractivity contribution < 1.29 is 9.72 Å². The van der Waals surface area contributed by atoms with Gasteiger partial charge in [0.1, 0.15) is 23.7 Å². The van der Waals surface area contributed by atoms with Crippen molar-refractivity contribution >= 4 is 28.1 Å². The number of anilines is 1. The summed E-state index contributed by atoms with van der Waals surface area (Å²) >= 11 is 1.44. The second-order valence-corrected chi connectivity index (χ2v) is 6.32. The molecular weight excluding hydrogens is 318 g/mol. The third-order valence-electron chi connectivity index (χ3n) is 3.67. The van der Waals surface area contributed by atoms with E-state index in [4.69, 9.17) is 0 Å². The Morgan fingerprint density at radius 1 is 1.52 bits per heavy atom. The molecule has 118 valence electrons. The predicted molar refractivity (Wildman–Crippen MR) is 83.3 cm³/mol. The van der Waals surface area contributed by atoms with E-state index in [0.717, 1.165) is 42.3 Å². The molecule has 1 aliphatic carbocycles. The number of hydrogen-bond acceptors (Lipinski definition) is 6. The van der Waals surface area contributed by atoms with Crippen molar-refractivity contribution in [3.8, 4) is 6.07 Å². The molecule has 2 aromatic rings. The first-order chi connectivity index (χ1) is 11.1. The fraction of sp³-hybridized carbons (Fsp3) is 0.357. The van der Waals surface area contributed by atoms with E-state index in [1.165, 1.54) is 11.3 Å². The summed E-state index contributed by atoms with van der Waals surface area (Å²) < 4.78 is 0. The first-order valence-electron chi connectivity index (χ1n) is 7.11. The molecule has 0 bridgehead atoms. The van der Waals surface area contributed by atoms with Gasteiger partial charge >= 0.3 is 5.82 Å². The van der Waals surface area contributed by atoms with Crippen molar-refractivity contribution in [2.45, 2.75) is 32.1 Å². The van der Waals surface area contributed by atoms with E-state index < -0.39 is 4.92 Å². The van der Waals surface area contributed by atoms with Gasteiger partial charge in [-0.05, 0) is 41.2 Å². The maximum absolute atomic E-state index is 12.1. The van der Waals surface area contributed by atoms with Gasteiger partial charge in [0.25, 0.3) is 0 Å². The number of nitro groups is 1. The van der Waals surface area contributed by atoms with Crippen LogP contribution in [0.2, 0.25) is 0 Å². The molecule has 2 heterocycles. The minimum atomic E-state index is -0.626. The SMILES string of the molecule is N#Cc1c(NC(=O)Cc2nc([N+](=O)[O-])c[nH]2)sc2c1CCCC2. The Balaban J connectivity index is 1.74. The van der Waals surface area contributed by atoms with E-state index in [9.17, 15) is 20.2 Å². The van der Waals surface area contributed by atoms with E-state index in [1.807, 2.05) is 0 Å². The summed E-state index contributed by atoms with van der Waals surface area (Å²) in [5.41, 5.74) is 1.59. The Hall–Kier alpha value is -2.73. The van der Waals surface area contributed by atoms with Gasteiger partial charge in [-0.15, -0.1) is 11.3 Å². The molecular formula is C14H13N5O3S. The van der Waals surface area contributed by atoms with Crippen LogP contribution in [0.15, 0.2) is 6.20 Å². The van der Waals surface area contributed by atoms with Crippen molar-refractivity contribution in [2.75, 3.05) is 5.32 Å². The number of aryl methyl sites for hydroxylation is 1. The zero-order chi connectivity index (χ0) is 16.4. The smallest absolute Gasteiger partial charge is 0.358 e. The molecule has 1 aliphatic rings. The van der Waals surface area contributed by atoms with E-state index in [2.05, 4.69) is 21.4 Å². The standard InChI is InChI=1S/C14H13N5O3S/c15-6-9-8-3-1-2-4-10(8)23-14(9)18-13(20)5-11-16-7-12(17-11)19(21)22/h7H,1-5H2,(H,16,17)(H,18,20).